The van der Waals surface area contributed by atoms with Gasteiger partial charge in [-0.15, -0.1) is 0 Å². The summed E-state index contributed by atoms with van der Waals surface area (Å²) in [6.45, 7) is 0. The fourth-order valence-corrected chi connectivity index (χ4v) is 2.00. The number of carbonyl (C=O) groups is 1. The molecule has 0 amide bonds. The molecule has 2 rings (SSSR count). The number of hydrogen-bond donors (Lipinski definition) is 3. The summed E-state index contributed by atoms with van der Waals surface area (Å²) in [7, 11) is 0. The van der Waals surface area contributed by atoms with Gasteiger partial charge in [-0.1, -0.05) is 6.07 Å². The minimum Gasteiger partial charge on any atom is -1.00 e. The van der Waals surface area contributed by atoms with Crippen molar-refractivity contribution >= 4 is 28.7 Å². The second-order valence-corrected chi connectivity index (χ2v) is 4.54. The van der Waals surface area contributed by atoms with Crippen LogP contribution in [-0.4, -0.2) is 16.0 Å². The number of carboxylic acid groups (broad SMARTS) is 1. The lowest BCUT2D eigenvalue weighted by atomic mass is 10.1. The first-order valence-electron chi connectivity index (χ1n) is 6.31. The minimum absolute atomic E-state index is 0. The van der Waals surface area contributed by atoms with Crippen LogP contribution < -0.4 is 34.8 Å². The average molecular weight is 430 g/mol. The number of carboxylic acids is 1. The van der Waals surface area contributed by atoms with Crippen LogP contribution >= 0.6 is 0 Å². The number of benzene rings is 2. The molecule has 4 N–H and O–H groups in total. The Morgan fingerprint density at radius 3 is 2.52 bits per heavy atom. The molecule has 0 bridgehead atoms. The molecule has 0 aliphatic carbocycles. The van der Waals surface area contributed by atoms with Gasteiger partial charge in [-0.2, -0.15) is 0 Å². The molecule has 0 aliphatic heterocycles. The van der Waals surface area contributed by atoms with Gasteiger partial charge in [0, 0.05) is 29.1 Å². The summed E-state index contributed by atoms with van der Waals surface area (Å²) in [5, 5.41) is 33.5. The van der Waals surface area contributed by atoms with Crippen LogP contribution in [0.2, 0.25) is 0 Å². The van der Waals surface area contributed by atoms with E-state index in [0.717, 1.165) is 0 Å². The number of quaternary nitrogens is 1. The maximum absolute atomic E-state index is 10.9. The molecule has 9 heteroatoms. The SMILES string of the molecule is O=C(O)Cc1cc(Nc2cccc([NH2+][O-])c2)ccc1[N+](=O)[O-].[I-]. The number of aliphatic carboxylic acids is 1. The number of rotatable bonds is 6. The summed E-state index contributed by atoms with van der Waals surface area (Å²) in [5.74, 6) is -1.15. The van der Waals surface area contributed by atoms with Gasteiger partial charge in [-0.25, -0.2) is 0 Å². The lowest BCUT2D eigenvalue weighted by Crippen LogP contribution is -3.00. The molecule has 0 atom stereocenters. The van der Waals surface area contributed by atoms with E-state index in [0.29, 0.717) is 22.5 Å². The van der Waals surface area contributed by atoms with Gasteiger partial charge >= 0.3 is 5.97 Å². The van der Waals surface area contributed by atoms with Crippen molar-refractivity contribution in [1.82, 2.24) is 0 Å². The van der Waals surface area contributed by atoms with Crippen molar-refractivity contribution in [2.24, 2.45) is 0 Å². The summed E-state index contributed by atoms with van der Waals surface area (Å²) >= 11 is 0. The van der Waals surface area contributed by atoms with Gasteiger partial charge in [0.2, 0.25) is 0 Å². The van der Waals surface area contributed by atoms with Crippen LogP contribution in [0.5, 0.6) is 0 Å². The second kappa shape index (κ2) is 8.41. The fourth-order valence-electron chi connectivity index (χ4n) is 2.00. The smallest absolute Gasteiger partial charge is 0.308 e. The Hall–Kier alpha value is -2.24. The summed E-state index contributed by atoms with van der Waals surface area (Å²) in [5.41, 5.74) is 2.18. The molecule has 0 aromatic heterocycles. The van der Waals surface area contributed by atoms with Gasteiger partial charge in [-0.3, -0.25) is 14.9 Å². The van der Waals surface area contributed by atoms with Gasteiger partial charge < -0.3 is 45.1 Å². The molecule has 2 aromatic carbocycles. The molecular weight excluding hydrogens is 417 g/mol. The number of nitro groups is 1. The third-order valence-corrected chi connectivity index (χ3v) is 2.93. The fraction of sp³-hybridized carbons (Fsp3) is 0.0714. The van der Waals surface area contributed by atoms with Gasteiger partial charge in [0.25, 0.3) is 5.69 Å². The molecule has 2 aromatic rings. The monoisotopic (exact) mass is 430 g/mol. The van der Waals surface area contributed by atoms with Crippen LogP contribution in [0.4, 0.5) is 22.7 Å². The van der Waals surface area contributed by atoms with Crippen LogP contribution in [0.25, 0.3) is 0 Å². The third-order valence-electron chi connectivity index (χ3n) is 2.93. The Balaban J connectivity index is 0.00000264. The molecule has 0 unspecified atom stereocenters. The Bertz CT molecular complexity index is 723. The highest BCUT2D eigenvalue weighted by molar-refractivity contribution is 5.74. The number of anilines is 2. The first kappa shape index (κ1) is 18.8. The van der Waals surface area contributed by atoms with Crippen molar-refractivity contribution in [3.05, 3.63) is 63.3 Å². The number of hydrogen-bond acceptors (Lipinski definition) is 5. The quantitative estimate of drug-likeness (QED) is 0.225. The molecule has 0 fully saturated rings. The summed E-state index contributed by atoms with van der Waals surface area (Å²) in [6, 6.07) is 10.8. The van der Waals surface area contributed by atoms with Gasteiger partial charge in [-0.05, 0) is 24.3 Å². The van der Waals surface area contributed by atoms with Crippen molar-refractivity contribution in [3.8, 4) is 0 Å². The molecule has 0 saturated carbocycles. The van der Waals surface area contributed by atoms with E-state index in [1.54, 1.807) is 24.3 Å². The topological polar surface area (TPSA) is 132 Å². The van der Waals surface area contributed by atoms with Crippen molar-refractivity contribution in [2.75, 3.05) is 5.32 Å². The van der Waals surface area contributed by atoms with E-state index in [4.69, 9.17) is 5.11 Å². The van der Waals surface area contributed by atoms with Crippen LogP contribution in [0, 0.1) is 15.3 Å². The van der Waals surface area contributed by atoms with E-state index >= 15 is 0 Å². The number of nitrogens with zero attached hydrogens (tertiary/aromatic N) is 1. The summed E-state index contributed by atoms with van der Waals surface area (Å²) in [6.07, 6.45) is -0.444. The average Bonchev–Trinajstić information content (AvgIpc) is 2.46. The van der Waals surface area contributed by atoms with Crippen molar-refractivity contribution in [3.63, 3.8) is 0 Å². The largest absolute Gasteiger partial charge is 1.00 e. The van der Waals surface area contributed by atoms with Crippen LogP contribution in [-0.2, 0) is 11.2 Å². The number of nitrogens with one attached hydrogen (secondary N) is 1. The first-order valence-corrected chi connectivity index (χ1v) is 6.31. The normalized spacial score (nSPS) is 9.78. The molecule has 0 heterocycles. The maximum atomic E-state index is 10.9. The van der Waals surface area contributed by atoms with E-state index in [1.807, 2.05) is 0 Å². The first-order chi connectivity index (χ1) is 10.5. The van der Waals surface area contributed by atoms with E-state index in [-0.39, 0.29) is 35.2 Å². The highest BCUT2D eigenvalue weighted by atomic mass is 127. The second-order valence-electron chi connectivity index (χ2n) is 4.54. The molecular formula is C14H13IN3O5-. The van der Waals surface area contributed by atoms with Gasteiger partial charge in [0.1, 0.15) is 5.69 Å². The summed E-state index contributed by atoms with van der Waals surface area (Å²) < 4.78 is 0. The number of halogens is 1. The Labute approximate surface area is 148 Å². The van der Waals surface area contributed by atoms with Crippen LogP contribution in [0.1, 0.15) is 5.56 Å². The molecule has 8 nitrogen and oxygen atoms in total. The highest BCUT2D eigenvalue weighted by Crippen LogP contribution is 2.26. The van der Waals surface area contributed by atoms with E-state index < -0.39 is 17.3 Å². The minimum atomic E-state index is -1.15. The number of nitrogens with two attached hydrogens (primary N) is 1. The van der Waals surface area contributed by atoms with Crippen molar-refractivity contribution in [2.45, 2.75) is 6.42 Å². The molecule has 23 heavy (non-hydrogen) atoms. The van der Waals surface area contributed by atoms with Crippen molar-refractivity contribution < 1.29 is 44.3 Å². The molecule has 0 saturated heterocycles. The molecule has 0 radical (unpaired) electrons. The Kier molecular flexibility index (Phi) is 6.88. The summed E-state index contributed by atoms with van der Waals surface area (Å²) in [4.78, 5) is 21.1. The number of nitro benzene ring substituents is 1. The molecule has 0 aliphatic rings. The van der Waals surface area contributed by atoms with Crippen LogP contribution in [0.3, 0.4) is 0 Å². The predicted molar refractivity (Wildman–Crippen MR) is 79.1 cm³/mol. The third kappa shape index (κ3) is 5.16. The molecule has 122 valence electrons. The Morgan fingerprint density at radius 1 is 1.22 bits per heavy atom. The van der Waals surface area contributed by atoms with Crippen LogP contribution in [0.15, 0.2) is 42.5 Å². The zero-order valence-electron chi connectivity index (χ0n) is 11.7. The van der Waals surface area contributed by atoms with Gasteiger partial charge in [0.05, 0.1) is 11.3 Å². The van der Waals surface area contributed by atoms with Gasteiger partial charge in [0.15, 0.2) is 0 Å². The maximum Gasteiger partial charge on any atom is 0.308 e. The highest BCUT2D eigenvalue weighted by Gasteiger charge is 2.16. The zero-order chi connectivity index (χ0) is 16.1. The predicted octanol–water partition coefficient (Wildman–Crippen LogP) is -1.34. The molecule has 0 spiro atoms. The lowest BCUT2D eigenvalue weighted by Gasteiger charge is -2.09. The lowest BCUT2D eigenvalue weighted by molar-refractivity contribution is -0.497. The van der Waals surface area contributed by atoms with E-state index in [9.17, 15) is 20.1 Å². The Morgan fingerprint density at radius 2 is 1.91 bits per heavy atom. The zero-order valence-corrected chi connectivity index (χ0v) is 13.9. The standard InChI is InChI=1S/C14H13N3O5.HI/c18-14(19)7-9-6-11(4-5-13(9)17(21)22)15-10-2-1-3-12(8-10)16-20;/h1-6,8,15H,7,16H2,(H,18,19);1H/p-1. The van der Waals surface area contributed by atoms with E-state index in [2.05, 4.69) is 5.32 Å². The van der Waals surface area contributed by atoms with Crippen molar-refractivity contribution in [1.29, 1.82) is 0 Å². The van der Waals surface area contributed by atoms with E-state index in [1.165, 1.54) is 18.2 Å².